The summed E-state index contributed by atoms with van der Waals surface area (Å²) >= 11 is 1.02. The summed E-state index contributed by atoms with van der Waals surface area (Å²) in [4.78, 5) is 27.8. The number of carbonyl (C=O) groups excluding carboxylic acids is 2. The van der Waals surface area contributed by atoms with Crippen LogP contribution >= 0.6 is 11.3 Å². The third-order valence-corrected chi connectivity index (χ3v) is 4.02. The number of esters is 1. The molecule has 1 amide bonds. The second-order valence-electron chi connectivity index (χ2n) is 4.84. The normalized spacial score (nSPS) is 10.3. The Morgan fingerprint density at radius 1 is 1.20 bits per heavy atom. The summed E-state index contributed by atoms with van der Waals surface area (Å²) in [5.74, 6) is 0.390. The molecule has 0 unspecified atom stereocenters. The maximum atomic E-state index is 12.2. The van der Waals surface area contributed by atoms with Crippen LogP contribution in [0.5, 0.6) is 5.75 Å². The number of thiazole rings is 1. The summed E-state index contributed by atoms with van der Waals surface area (Å²) in [5.41, 5.74) is 0. The van der Waals surface area contributed by atoms with Crippen LogP contribution < -0.4 is 10.1 Å². The third kappa shape index (κ3) is 4.24. The van der Waals surface area contributed by atoms with Gasteiger partial charge in [0, 0.05) is 0 Å². The Kier molecular flexibility index (Phi) is 5.10. The quantitative estimate of drug-likeness (QED) is 0.680. The molecule has 0 saturated heterocycles. The molecule has 0 bridgehead atoms. The molecule has 3 aromatic rings. The summed E-state index contributed by atoms with van der Waals surface area (Å²) in [5, 5.41) is 2.85. The number of nitrogens with zero attached hydrogens (tertiary/aromatic N) is 1. The Morgan fingerprint density at radius 2 is 2.00 bits per heavy atom. The number of para-hydroxylation sites is 1. The van der Waals surface area contributed by atoms with Crippen molar-refractivity contribution in [2.75, 3.05) is 12.4 Å². The largest absolute Gasteiger partial charge is 0.486 e. The van der Waals surface area contributed by atoms with E-state index in [4.69, 9.17) is 9.15 Å². The summed E-state index contributed by atoms with van der Waals surface area (Å²) in [6, 6.07) is 12.5. The number of benzene rings is 1. The molecule has 128 valence electrons. The van der Waals surface area contributed by atoms with Crippen molar-refractivity contribution in [2.45, 2.75) is 6.61 Å². The highest BCUT2D eigenvalue weighted by atomic mass is 32.1. The molecule has 0 saturated carbocycles. The van der Waals surface area contributed by atoms with E-state index in [1.54, 1.807) is 12.1 Å². The van der Waals surface area contributed by atoms with Gasteiger partial charge in [0.2, 0.25) is 0 Å². The van der Waals surface area contributed by atoms with Gasteiger partial charge in [0.05, 0.1) is 13.3 Å². The van der Waals surface area contributed by atoms with Crippen molar-refractivity contribution in [3.63, 3.8) is 0 Å². The topological polar surface area (TPSA) is 90.7 Å². The van der Waals surface area contributed by atoms with Crippen LogP contribution in [-0.4, -0.2) is 24.0 Å². The first-order valence-electron chi connectivity index (χ1n) is 7.28. The van der Waals surface area contributed by atoms with E-state index >= 15 is 0 Å². The predicted molar refractivity (Wildman–Crippen MR) is 90.9 cm³/mol. The van der Waals surface area contributed by atoms with Crippen LogP contribution in [0.15, 0.2) is 53.1 Å². The third-order valence-electron chi connectivity index (χ3n) is 3.12. The first-order valence-corrected chi connectivity index (χ1v) is 8.09. The van der Waals surface area contributed by atoms with Crippen molar-refractivity contribution in [1.82, 2.24) is 4.98 Å². The van der Waals surface area contributed by atoms with Crippen LogP contribution in [0.25, 0.3) is 0 Å². The molecule has 0 aliphatic heterocycles. The zero-order valence-corrected chi connectivity index (χ0v) is 14.0. The SMILES string of the molecule is COC(=O)c1cnc(NC(=O)c2ccc(COc3ccccc3)o2)s1. The van der Waals surface area contributed by atoms with Crippen LogP contribution in [-0.2, 0) is 11.3 Å². The lowest BCUT2D eigenvalue weighted by molar-refractivity contribution is 0.0606. The van der Waals surface area contributed by atoms with E-state index in [9.17, 15) is 9.59 Å². The van der Waals surface area contributed by atoms with Crippen LogP contribution in [0.2, 0.25) is 0 Å². The average Bonchev–Trinajstić information content (AvgIpc) is 3.30. The maximum Gasteiger partial charge on any atom is 0.349 e. The molecule has 1 N–H and O–H groups in total. The highest BCUT2D eigenvalue weighted by Gasteiger charge is 2.16. The van der Waals surface area contributed by atoms with Crippen LogP contribution in [0, 0.1) is 0 Å². The van der Waals surface area contributed by atoms with Gasteiger partial charge in [0.15, 0.2) is 10.9 Å². The van der Waals surface area contributed by atoms with Crippen molar-refractivity contribution in [1.29, 1.82) is 0 Å². The highest BCUT2D eigenvalue weighted by molar-refractivity contribution is 7.17. The lowest BCUT2D eigenvalue weighted by atomic mass is 10.3. The highest BCUT2D eigenvalue weighted by Crippen LogP contribution is 2.20. The zero-order chi connectivity index (χ0) is 17.6. The molecule has 0 radical (unpaired) electrons. The minimum absolute atomic E-state index is 0.126. The molecule has 0 aliphatic rings. The fraction of sp³-hybridized carbons (Fsp3) is 0.118. The molecule has 1 aromatic carbocycles. The van der Waals surface area contributed by atoms with Gasteiger partial charge in [0.1, 0.15) is 23.0 Å². The van der Waals surface area contributed by atoms with Crippen molar-refractivity contribution in [2.24, 2.45) is 0 Å². The molecule has 2 heterocycles. The van der Waals surface area contributed by atoms with Crippen molar-refractivity contribution >= 4 is 28.3 Å². The Balaban J connectivity index is 1.59. The first-order chi connectivity index (χ1) is 12.2. The summed E-state index contributed by atoms with van der Waals surface area (Å²) < 4.78 is 15.6. The number of nitrogens with one attached hydrogen (secondary N) is 1. The van der Waals surface area contributed by atoms with Crippen LogP contribution in [0.3, 0.4) is 0 Å². The molecule has 2 aromatic heterocycles. The fourth-order valence-corrected chi connectivity index (χ4v) is 2.66. The number of amides is 1. The van der Waals surface area contributed by atoms with E-state index in [2.05, 4.69) is 15.0 Å². The average molecular weight is 358 g/mol. The molecular formula is C17H14N2O5S. The van der Waals surface area contributed by atoms with Crippen molar-refractivity contribution in [3.8, 4) is 5.75 Å². The Hall–Kier alpha value is -3.13. The van der Waals surface area contributed by atoms with Gasteiger partial charge in [-0.25, -0.2) is 9.78 Å². The number of furan rings is 1. The number of ether oxygens (including phenoxy) is 2. The zero-order valence-electron chi connectivity index (χ0n) is 13.2. The molecular weight excluding hydrogens is 344 g/mol. The molecule has 0 aliphatic carbocycles. The summed E-state index contributed by atoms with van der Waals surface area (Å²) in [6.07, 6.45) is 1.34. The molecule has 0 atom stereocenters. The van der Waals surface area contributed by atoms with Gasteiger partial charge in [-0.15, -0.1) is 0 Å². The van der Waals surface area contributed by atoms with Gasteiger partial charge in [-0.3, -0.25) is 10.1 Å². The maximum absolute atomic E-state index is 12.2. The molecule has 3 rings (SSSR count). The molecule has 0 spiro atoms. The number of methoxy groups -OCH3 is 1. The summed E-state index contributed by atoms with van der Waals surface area (Å²) in [7, 11) is 1.28. The van der Waals surface area contributed by atoms with E-state index in [0.717, 1.165) is 11.3 Å². The van der Waals surface area contributed by atoms with E-state index in [1.807, 2.05) is 30.3 Å². The fourth-order valence-electron chi connectivity index (χ4n) is 1.93. The second-order valence-corrected chi connectivity index (χ2v) is 5.87. The molecule has 7 nitrogen and oxygen atoms in total. The van der Waals surface area contributed by atoms with Crippen LogP contribution in [0.1, 0.15) is 26.0 Å². The van der Waals surface area contributed by atoms with Gasteiger partial charge >= 0.3 is 5.97 Å². The Bertz CT molecular complexity index is 872. The number of hydrogen-bond donors (Lipinski definition) is 1. The summed E-state index contributed by atoms with van der Waals surface area (Å²) in [6.45, 7) is 0.209. The van der Waals surface area contributed by atoms with E-state index in [0.29, 0.717) is 16.4 Å². The van der Waals surface area contributed by atoms with Gasteiger partial charge in [-0.05, 0) is 24.3 Å². The molecule has 8 heteroatoms. The number of hydrogen-bond acceptors (Lipinski definition) is 7. The van der Waals surface area contributed by atoms with Gasteiger partial charge < -0.3 is 13.9 Å². The predicted octanol–water partition coefficient (Wildman–Crippen LogP) is 3.35. The van der Waals surface area contributed by atoms with Gasteiger partial charge in [-0.2, -0.15) is 0 Å². The number of carbonyl (C=O) groups is 2. The monoisotopic (exact) mass is 358 g/mol. The van der Waals surface area contributed by atoms with Crippen LogP contribution in [0.4, 0.5) is 5.13 Å². The van der Waals surface area contributed by atoms with Crippen molar-refractivity contribution < 1.29 is 23.5 Å². The minimum atomic E-state index is -0.503. The number of anilines is 1. The lowest BCUT2D eigenvalue weighted by Gasteiger charge is -2.03. The number of rotatable bonds is 6. The van der Waals surface area contributed by atoms with Crippen molar-refractivity contribution in [3.05, 3.63) is 65.1 Å². The van der Waals surface area contributed by atoms with Gasteiger partial charge in [0.25, 0.3) is 5.91 Å². The van der Waals surface area contributed by atoms with E-state index in [-0.39, 0.29) is 17.5 Å². The lowest BCUT2D eigenvalue weighted by Crippen LogP contribution is -2.10. The Labute approximate surface area is 147 Å². The van der Waals surface area contributed by atoms with E-state index in [1.165, 1.54) is 13.3 Å². The van der Waals surface area contributed by atoms with Gasteiger partial charge in [-0.1, -0.05) is 29.5 Å². The second kappa shape index (κ2) is 7.63. The smallest absolute Gasteiger partial charge is 0.349 e. The minimum Gasteiger partial charge on any atom is -0.486 e. The molecule has 25 heavy (non-hydrogen) atoms. The Morgan fingerprint density at radius 3 is 2.76 bits per heavy atom. The number of aromatic nitrogens is 1. The van der Waals surface area contributed by atoms with E-state index < -0.39 is 11.9 Å². The molecule has 0 fully saturated rings. The first kappa shape index (κ1) is 16.7. The standard InChI is InChI=1S/C17H14N2O5S/c1-22-16(21)14-9-18-17(25-14)19-15(20)13-8-7-12(24-13)10-23-11-5-3-2-4-6-11/h2-9H,10H2,1H3,(H,18,19,20).